The van der Waals surface area contributed by atoms with Crippen LogP contribution in [0.15, 0.2) is 66.9 Å². The van der Waals surface area contributed by atoms with E-state index in [0.717, 1.165) is 28.7 Å². The Morgan fingerprint density at radius 2 is 1.80 bits per heavy atom. The van der Waals surface area contributed by atoms with Crippen molar-refractivity contribution in [2.45, 2.75) is 12.8 Å². The topological polar surface area (TPSA) is 93.2 Å². The number of morpholine rings is 1. The number of hydrogen-bond acceptors (Lipinski definition) is 8. The van der Waals surface area contributed by atoms with E-state index in [1.807, 2.05) is 30.3 Å². The summed E-state index contributed by atoms with van der Waals surface area (Å²) in [5, 5.41) is 2.66. The van der Waals surface area contributed by atoms with Crippen molar-refractivity contribution in [1.29, 1.82) is 0 Å². The van der Waals surface area contributed by atoms with Gasteiger partial charge in [0.15, 0.2) is 11.5 Å². The molecule has 1 fully saturated rings. The molecule has 3 aromatic rings. The van der Waals surface area contributed by atoms with Gasteiger partial charge >= 0.3 is 6.03 Å². The zero-order valence-corrected chi connectivity index (χ0v) is 19.7. The fourth-order valence-electron chi connectivity index (χ4n) is 3.80. The first-order valence-corrected chi connectivity index (χ1v) is 11.6. The highest BCUT2D eigenvalue weighted by Gasteiger charge is 2.27. The SMILES string of the molecule is O=C(Nc1ccc2c(c1)OC(c1ccccc1)O2)N(S)C(=O)c1ccc(CN2CCOCC2)nc1. The minimum absolute atomic E-state index is 0.261. The molecule has 0 aliphatic carbocycles. The molecule has 9 nitrogen and oxygen atoms in total. The van der Waals surface area contributed by atoms with Gasteiger partial charge in [-0.15, -0.1) is 0 Å². The van der Waals surface area contributed by atoms with Gasteiger partial charge in [-0.2, -0.15) is 0 Å². The predicted octanol–water partition coefficient (Wildman–Crippen LogP) is 3.90. The molecule has 0 radical (unpaired) electrons. The summed E-state index contributed by atoms with van der Waals surface area (Å²) in [6.07, 6.45) is 0.901. The Hall–Kier alpha value is -3.60. The number of ether oxygens (including phenoxy) is 3. The zero-order valence-electron chi connectivity index (χ0n) is 18.8. The van der Waals surface area contributed by atoms with Crippen LogP contribution in [-0.2, 0) is 11.3 Å². The fraction of sp³-hybridized carbons (Fsp3) is 0.240. The van der Waals surface area contributed by atoms with Crippen LogP contribution in [0.3, 0.4) is 0 Å². The Kier molecular flexibility index (Phi) is 6.84. The average Bonchev–Trinajstić information content (AvgIpc) is 3.33. The second kappa shape index (κ2) is 10.3. The number of imide groups is 1. The van der Waals surface area contributed by atoms with Crippen LogP contribution >= 0.6 is 12.8 Å². The molecule has 180 valence electrons. The van der Waals surface area contributed by atoms with E-state index in [1.165, 1.54) is 6.20 Å². The molecule has 1 N–H and O–H groups in total. The highest BCUT2D eigenvalue weighted by molar-refractivity contribution is 7.79. The van der Waals surface area contributed by atoms with Gasteiger partial charge in [0.25, 0.3) is 12.2 Å². The first-order chi connectivity index (χ1) is 17.1. The van der Waals surface area contributed by atoms with E-state index in [1.54, 1.807) is 30.3 Å². The molecule has 2 aliphatic rings. The summed E-state index contributed by atoms with van der Waals surface area (Å²) in [6.45, 7) is 3.78. The molecule has 1 aromatic heterocycles. The number of amides is 3. The molecule has 1 atom stereocenters. The Labute approximate surface area is 208 Å². The monoisotopic (exact) mass is 492 g/mol. The number of nitrogens with zero attached hydrogens (tertiary/aromatic N) is 3. The first kappa shape index (κ1) is 23.2. The third-order valence-electron chi connectivity index (χ3n) is 5.68. The molecule has 35 heavy (non-hydrogen) atoms. The molecule has 5 rings (SSSR count). The van der Waals surface area contributed by atoms with E-state index < -0.39 is 18.2 Å². The number of carbonyl (C=O) groups excluding carboxylic acids is 2. The van der Waals surface area contributed by atoms with Gasteiger partial charge in [-0.1, -0.05) is 43.1 Å². The van der Waals surface area contributed by atoms with E-state index in [4.69, 9.17) is 14.2 Å². The molecule has 0 saturated carbocycles. The smallest absolute Gasteiger partial charge is 0.338 e. The third kappa shape index (κ3) is 5.40. The fourth-order valence-corrected chi connectivity index (χ4v) is 3.97. The summed E-state index contributed by atoms with van der Waals surface area (Å²) in [7, 11) is 0. The van der Waals surface area contributed by atoms with Crippen LogP contribution in [0.4, 0.5) is 10.5 Å². The number of anilines is 1. The molecule has 0 spiro atoms. The van der Waals surface area contributed by atoms with Crippen molar-refractivity contribution in [3.05, 3.63) is 83.7 Å². The lowest BCUT2D eigenvalue weighted by Crippen LogP contribution is -2.36. The predicted molar refractivity (Wildman–Crippen MR) is 131 cm³/mol. The molecular weight excluding hydrogens is 468 g/mol. The van der Waals surface area contributed by atoms with Gasteiger partial charge in [-0.3, -0.25) is 14.7 Å². The average molecular weight is 493 g/mol. The number of benzene rings is 2. The number of carbonyl (C=O) groups is 2. The number of urea groups is 1. The number of pyridine rings is 1. The summed E-state index contributed by atoms with van der Waals surface area (Å²) in [5.41, 5.74) is 2.42. The quantitative estimate of drug-likeness (QED) is 0.522. The van der Waals surface area contributed by atoms with Crippen molar-refractivity contribution >= 4 is 30.4 Å². The van der Waals surface area contributed by atoms with Crippen molar-refractivity contribution in [2.75, 3.05) is 31.6 Å². The molecule has 1 saturated heterocycles. The Bertz CT molecular complexity index is 1200. The summed E-state index contributed by atoms with van der Waals surface area (Å²) >= 11 is 4.10. The van der Waals surface area contributed by atoms with Crippen LogP contribution in [0, 0.1) is 0 Å². The standard InChI is InChI=1S/C25H24N4O5S/c30-23(18-6-7-20(26-15-18)16-28-10-12-32-13-11-28)29(35)25(31)27-19-8-9-21-22(14-19)34-24(33-21)17-4-2-1-3-5-17/h1-9,14-15,24,35H,10-13,16H2,(H,27,31). The maximum atomic E-state index is 12.7. The number of rotatable bonds is 5. The largest absolute Gasteiger partial charge is 0.447 e. The van der Waals surface area contributed by atoms with Crippen molar-refractivity contribution in [1.82, 2.24) is 14.2 Å². The van der Waals surface area contributed by atoms with Gasteiger partial charge in [0.2, 0.25) is 0 Å². The minimum Gasteiger partial charge on any atom is -0.447 e. The summed E-state index contributed by atoms with van der Waals surface area (Å²) in [5.74, 6) is 0.480. The van der Waals surface area contributed by atoms with Crippen LogP contribution in [0.2, 0.25) is 0 Å². The van der Waals surface area contributed by atoms with E-state index >= 15 is 0 Å². The molecule has 10 heteroatoms. The first-order valence-electron chi connectivity index (χ1n) is 11.2. The zero-order chi connectivity index (χ0) is 24.2. The van der Waals surface area contributed by atoms with E-state index in [2.05, 4.69) is 28.0 Å². The summed E-state index contributed by atoms with van der Waals surface area (Å²) in [6, 6.07) is 17.3. The normalized spacial score (nSPS) is 17.1. The Morgan fingerprint density at radius 1 is 1.03 bits per heavy atom. The van der Waals surface area contributed by atoms with Gasteiger partial charge in [0.1, 0.15) is 0 Å². The molecule has 3 heterocycles. The maximum absolute atomic E-state index is 12.7. The molecule has 2 aliphatic heterocycles. The van der Waals surface area contributed by atoms with E-state index in [-0.39, 0.29) is 5.56 Å². The number of thiol groups is 1. The van der Waals surface area contributed by atoms with Gasteiger partial charge in [-0.25, -0.2) is 9.10 Å². The number of hydrogen-bond donors (Lipinski definition) is 2. The third-order valence-corrected chi connectivity index (χ3v) is 6.04. The van der Waals surface area contributed by atoms with Crippen molar-refractivity contribution in [3.63, 3.8) is 0 Å². The molecule has 1 unspecified atom stereocenters. The van der Waals surface area contributed by atoms with E-state index in [0.29, 0.717) is 36.9 Å². The van der Waals surface area contributed by atoms with Crippen molar-refractivity contribution in [2.24, 2.45) is 0 Å². The molecular formula is C25H24N4O5S. The Balaban J connectivity index is 1.18. The molecule has 3 amide bonds. The lowest BCUT2D eigenvalue weighted by Gasteiger charge is -2.26. The van der Waals surface area contributed by atoms with Crippen LogP contribution in [0.1, 0.15) is 27.9 Å². The summed E-state index contributed by atoms with van der Waals surface area (Å²) < 4.78 is 17.8. The number of aromatic nitrogens is 1. The van der Waals surface area contributed by atoms with Crippen molar-refractivity contribution < 1.29 is 23.8 Å². The lowest BCUT2D eigenvalue weighted by molar-refractivity contribution is 0.0336. The molecule has 2 aromatic carbocycles. The second-order valence-corrected chi connectivity index (χ2v) is 8.51. The van der Waals surface area contributed by atoms with Gasteiger partial charge in [0.05, 0.1) is 24.5 Å². The van der Waals surface area contributed by atoms with Gasteiger partial charge in [-0.05, 0) is 24.3 Å². The highest BCUT2D eigenvalue weighted by atomic mass is 32.1. The highest BCUT2D eigenvalue weighted by Crippen LogP contribution is 2.41. The van der Waals surface area contributed by atoms with Gasteiger partial charge in [0, 0.05) is 43.1 Å². The number of nitrogens with one attached hydrogen (secondary N) is 1. The number of fused-ring (bicyclic) bond motifs is 1. The van der Waals surface area contributed by atoms with Crippen LogP contribution in [0.5, 0.6) is 11.5 Å². The van der Waals surface area contributed by atoms with Gasteiger partial charge < -0.3 is 19.5 Å². The second-order valence-electron chi connectivity index (χ2n) is 8.11. The minimum atomic E-state index is -0.700. The van der Waals surface area contributed by atoms with Crippen LogP contribution in [0.25, 0.3) is 0 Å². The molecule has 0 bridgehead atoms. The Morgan fingerprint density at radius 3 is 2.54 bits per heavy atom. The van der Waals surface area contributed by atoms with Crippen LogP contribution < -0.4 is 14.8 Å². The van der Waals surface area contributed by atoms with E-state index in [9.17, 15) is 9.59 Å². The lowest BCUT2D eigenvalue weighted by atomic mass is 10.2. The van der Waals surface area contributed by atoms with Crippen LogP contribution in [-0.4, -0.2) is 52.4 Å². The summed E-state index contributed by atoms with van der Waals surface area (Å²) in [4.78, 5) is 32.0. The van der Waals surface area contributed by atoms with Crippen molar-refractivity contribution in [3.8, 4) is 11.5 Å². The maximum Gasteiger partial charge on any atom is 0.338 e.